The number of hydrogen-bond donors (Lipinski definition) is 1. The SMILES string of the molecule is CCn1c(Cc2ccccc2N)nc2ccccc21. The topological polar surface area (TPSA) is 43.8 Å². The quantitative estimate of drug-likeness (QED) is 0.726. The van der Waals surface area contributed by atoms with Crippen molar-refractivity contribution in [3.63, 3.8) is 0 Å². The fraction of sp³-hybridized carbons (Fsp3) is 0.188. The van der Waals surface area contributed by atoms with Gasteiger partial charge < -0.3 is 10.3 Å². The lowest BCUT2D eigenvalue weighted by atomic mass is 10.1. The average Bonchev–Trinajstić information content (AvgIpc) is 2.78. The minimum Gasteiger partial charge on any atom is -0.398 e. The van der Waals surface area contributed by atoms with Crippen LogP contribution in [-0.2, 0) is 13.0 Å². The number of hydrogen-bond acceptors (Lipinski definition) is 2. The Kier molecular flexibility index (Phi) is 2.95. The van der Waals surface area contributed by atoms with Gasteiger partial charge in [0, 0.05) is 18.7 Å². The van der Waals surface area contributed by atoms with Crippen LogP contribution in [0.25, 0.3) is 11.0 Å². The Morgan fingerprint density at radius 2 is 1.79 bits per heavy atom. The van der Waals surface area contributed by atoms with E-state index in [1.807, 2.05) is 24.3 Å². The minimum absolute atomic E-state index is 0.773. The van der Waals surface area contributed by atoms with E-state index in [0.29, 0.717) is 0 Å². The van der Waals surface area contributed by atoms with Crippen LogP contribution in [0, 0.1) is 0 Å². The van der Waals surface area contributed by atoms with Crippen molar-refractivity contribution in [1.82, 2.24) is 9.55 Å². The molecule has 0 saturated carbocycles. The average molecular weight is 251 g/mol. The smallest absolute Gasteiger partial charge is 0.114 e. The number of fused-ring (bicyclic) bond motifs is 1. The van der Waals surface area contributed by atoms with Crippen LogP contribution in [0.3, 0.4) is 0 Å². The summed E-state index contributed by atoms with van der Waals surface area (Å²) in [5.41, 5.74) is 10.2. The van der Waals surface area contributed by atoms with E-state index < -0.39 is 0 Å². The molecule has 1 aromatic heterocycles. The number of aromatic nitrogens is 2. The lowest BCUT2D eigenvalue weighted by Gasteiger charge is -2.07. The Balaban J connectivity index is 2.08. The van der Waals surface area contributed by atoms with Crippen LogP contribution >= 0.6 is 0 Å². The van der Waals surface area contributed by atoms with Crippen LogP contribution in [0.15, 0.2) is 48.5 Å². The molecule has 0 radical (unpaired) electrons. The third kappa shape index (κ3) is 2.08. The van der Waals surface area contributed by atoms with Gasteiger partial charge in [-0.05, 0) is 30.7 Å². The monoisotopic (exact) mass is 251 g/mol. The van der Waals surface area contributed by atoms with Crippen molar-refractivity contribution in [3.05, 3.63) is 59.9 Å². The maximum atomic E-state index is 6.02. The molecule has 2 aromatic carbocycles. The highest BCUT2D eigenvalue weighted by atomic mass is 15.1. The van der Waals surface area contributed by atoms with Crippen LogP contribution in [0.5, 0.6) is 0 Å². The summed E-state index contributed by atoms with van der Waals surface area (Å²) in [7, 11) is 0. The van der Waals surface area contributed by atoms with Gasteiger partial charge in [0.25, 0.3) is 0 Å². The molecule has 3 nitrogen and oxygen atoms in total. The molecular formula is C16H17N3. The van der Waals surface area contributed by atoms with Crippen molar-refractivity contribution >= 4 is 16.7 Å². The molecule has 0 spiro atoms. The molecule has 3 rings (SSSR count). The maximum absolute atomic E-state index is 6.02. The molecule has 3 aromatic rings. The predicted octanol–water partition coefficient (Wildman–Crippen LogP) is 3.23. The molecule has 0 unspecified atom stereocenters. The first-order valence-corrected chi connectivity index (χ1v) is 6.57. The first-order valence-electron chi connectivity index (χ1n) is 6.57. The van der Waals surface area contributed by atoms with Crippen molar-refractivity contribution in [1.29, 1.82) is 0 Å². The molecule has 19 heavy (non-hydrogen) atoms. The normalized spacial score (nSPS) is 11.0. The number of nitrogens with zero attached hydrogens (tertiary/aromatic N) is 2. The van der Waals surface area contributed by atoms with Crippen LogP contribution < -0.4 is 5.73 Å². The van der Waals surface area contributed by atoms with E-state index in [1.165, 1.54) is 5.52 Å². The number of anilines is 1. The number of benzene rings is 2. The lowest BCUT2D eigenvalue weighted by molar-refractivity contribution is 0.734. The zero-order valence-corrected chi connectivity index (χ0v) is 11.0. The summed E-state index contributed by atoms with van der Waals surface area (Å²) in [5, 5.41) is 0. The standard InChI is InChI=1S/C16H17N3/c1-2-19-15-10-6-5-9-14(15)18-16(19)11-12-7-3-4-8-13(12)17/h3-10H,2,11,17H2,1H3. The van der Waals surface area contributed by atoms with E-state index in [1.54, 1.807) is 0 Å². The highest BCUT2D eigenvalue weighted by Crippen LogP contribution is 2.20. The summed E-state index contributed by atoms with van der Waals surface area (Å²) >= 11 is 0. The zero-order valence-electron chi connectivity index (χ0n) is 11.0. The Morgan fingerprint density at radius 3 is 2.58 bits per heavy atom. The van der Waals surface area contributed by atoms with Gasteiger partial charge in [0.1, 0.15) is 5.82 Å². The number of nitrogen functional groups attached to an aromatic ring is 1. The molecule has 3 heteroatoms. The Labute approximate surface area is 112 Å². The van der Waals surface area contributed by atoms with Crippen molar-refractivity contribution in [3.8, 4) is 0 Å². The predicted molar refractivity (Wildman–Crippen MR) is 79.1 cm³/mol. The van der Waals surface area contributed by atoms with Gasteiger partial charge in [-0.2, -0.15) is 0 Å². The maximum Gasteiger partial charge on any atom is 0.114 e. The molecule has 96 valence electrons. The summed E-state index contributed by atoms with van der Waals surface area (Å²) in [5.74, 6) is 1.07. The second-order valence-electron chi connectivity index (χ2n) is 4.64. The van der Waals surface area contributed by atoms with E-state index in [0.717, 1.165) is 35.6 Å². The van der Waals surface area contributed by atoms with Gasteiger partial charge in [-0.1, -0.05) is 30.3 Å². The van der Waals surface area contributed by atoms with E-state index in [2.05, 4.69) is 35.8 Å². The first kappa shape index (κ1) is 11.8. The Hall–Kier alpha value is -2.29. The number of aryl methyl sites for hydroxylation is 1. The van der Waals surface area contributed by atoms with Gasteiger partial charge in [-0.15, -0.1) is 0 Å². The summed E-state index contributed by atoms with van der Waals surface area (Å²) in [6.07, 6.45) is 0.773. The van der Waals surface area contributed by atoms with Crippen LogP contribution in [0.2, 0.25) is 0 Å². The highest BCUT2D eigenvalue weighted by molar-refractivity contribution is 5.76. The van der Waals surface area contributed by atoms with Crippen molar-refractivity contribution in [2.24, 2.45) is 0 Å². The summed E-state index contributed by atoms with van der Waals surface area (Å²) in [4.78, 5) is 4.73. The first-order chi connectivity index (χ1) is 9.29. The van der Waals surface area contributed by atoms with E-state index in [4.69, 9.17) is 10.7 Å². The molecule has 2 N–H and O–H groups in total. The molecular weight excluding hydrogens is 234 g/mol. The third-order valence-corrected chi connectivity index (χ3v) is 3.45. The molecule has 0 aliphatic carbocycles. The van der Waals surface area contributed by atoms with Crippen molar-refractivity contribution in [2.45, 2.75) is 19.9 Å². The molecule has 0 aliphatic heterocycles. The van der Waals surface area contributed by atoms with Gasteiger partial charge in [0.15, 0.2) is 0 Å². The Morgan fingerprint density at radius 1 is 1.05 bits per heavy atom. The molecule has 0 amide bonds. The van der Waals surface area contributed by atoms with Gasteiger partial charge in [-0.3, -0.25) is 0 Å². The van der Waals surface area contributed by atoms with Gasteiger partial charge in [0.2, 0.25) is 0 Å². The summed E-state index contributed by atoms with van der Waals surface area (Å²) in [6.45, 7) is 3.06. The van der Waals surface area contributed by atoms with Crippen LogP contribution in [0.4, 0.5) is 5.69 Å². The molecule has 1 heterocycles. The second kappa shape index (κ2) is 4.76. The molecule has 0 saturated heterocycles. The van der Waals surface area contributed by atoms with E-state index in [-0.39, 0.29) is 0 Å². The summed E-state index contributed by atoms with van der Waals surface area (Å²) in [6, 6.07) is 16.2. The Bertz CT molecular complexity index is 713. The minimum atomic E-state index is 0.773. The highest BCUT2D eigenvalue weighted by Gasteiger charge is 2.10. The fourth-order valence-electron chi connectivity index (χ4n) is 2.48. The summed E-state index contributed by atoms with van der Waals surface area (Å²) < 4.78 is 2.25. The van der Waals surface area contributed by atoms with Crippen molar-refractivity contribution < 1.29 is 0 Å². The van der Waals surface area contributed by atoms with Crippen molar-refractivity contribution in [2.75, 3.05) is 5.73 Å². The second-order valence-corrected chi connectivity index (χ2v) is 4.64. The zero-order chi connectivity index (χ0) is 13.2. The molecule has 0 atom stereocenters. The molecule has 0 bridgehead atoms. The molecule has 0 aliphatic rings. The van der Waals surface area contributed by atoms with Crippen LogP contribution in [0.1, 0.15) is 18.3 Å². The molecule has 0 fully saturated rings. The van der Waals surface area contributed by atoms with E-state index in [9.17, 15) is 0 Å². The largest absolute Gasteiger partial charge is 0.398 e. The lowest BCUT2D eigenvalue weighted by Crippen LogP contribution is -2.04. The van der Waals surface area contributed by atoms with Gasteiger partial charge >= 0.3 is 0 Å². The van der Waals surface area contributed by atoms with E-state index >= 15 is 0 Å². The van der Waals surface area contributed by atoms with Gasteiger partial charge in [0.05, 0.1) is 11.0 Å². The van der Waals surface area contributed by atoms with Crippen LogP contribution in [-0.4, -0.2) is 9.55 Å². The fourth-order valence-corrected chi connectivity index (χ4v) is 2.48. The number of nitrogens with two attached hydrogens (primary N) is 1. The number of imidazole rings is 1. The number of para-hydroxylation sites is 3. The third-order valence-electron chi connectivity index (χ3n) is 3.45. The van der Waals surface area contributed by atoms with Gasteiger partial charge in [-0.25, -0.2) is 4.98 Å². The number of rotatable bonds is 3.